The van der Waals surface area contributed by atoms with Gasteiger partial charge in [-0.1, -0.05) is 12.1 Å². The molecule has 0 spiro atoms. The number of aryl methyl sites for hydroxylation is 2. The summed E-state index contributed by atoms with van der Waals surface area (Å²) in [5, 5.41) is 10.5. The van der Waals surface area contributed by atoms with Crippen LogP contribution in [0.25, 0.3) is 0 Å². The van der Waals surface area contributed by atoms with E-state index in [0.717, 1.165) is 29.8 Å². The van der Waals surface area contributed by atoms with Crippen LogP contribution in [-0.4, -0.2) is 40.8 Å². The first-order chi connectivity index (χ1) is 12.7. The Hall–Kier alpha value is -2.09. The van der Waals surface area contributed by atoms with E-state index in [1.54, 1.807) is 12.1 Å². The van der Waals surface area contributed by atoms with Crippen LogP contribution in [0, 0.1) is 13.8 Å². The maximum atomic E-state index is 12.7. The minimum Gasteiger partial charge on any atom is -0.495 e. The van der Waals surface area contributed by atoms with Gasteiger partial charge in [0.2, 0.25) is 10.0 Å². The zero-order valence-electron chi connectivity index (χ0n) is 16.1. The second-order valence-electron chi connectivity index (χ2n) is 7.01. The number of nitrogens with one attached hydrogen (secondary N) is 1. The zero-order chi connectivity index (χ0) is 19.8. The average molecular weight is 391 g/mol. The lowest BCUT2D eigenvalue weighted by molar-refractivity contribution is 0.182. The Morgan fingerprint density at radius 2 is 1.93 bits per heavy atom. The molecule has 0 aromatic heterocycles. The van der Waals surface area contributed by atoms with Crippen LogP contribution in [0.5, 0.6) is 5.75 Å². The van der Waals surface area contributed by atoms with Crippen LogP contribution in [0.1, 0.15) is 28.4 Å². The van der Waals surface area contributed by atoms with E-state index in [1.165, 1.54) is 12.7 Å². The number of benzene rings is 2. The Labute approximate surface area is 160 Å². The quantitative estimate of drug-likeness (QED) is 0.791. The third-order valence-electron chi connectivity index (χ3n) is 5.15. The number of hydrogen-bond donors (Lipinski definition) is 2. The number of likely N-dealkylation sites (N-methyl/N-ethyl adjacent to an activating group) is 1. The molecule has 6 nitrogen and oxygen atoms in total. The van der Waals surface area contributed by atoms with E-state index in [-0.39, 0.29) is 11.4 Å². The predicted octanol–water partition coefficient (Wildman–Crippen LogP) is 2.32. The fraction of sp³-hybridized carbons (Fsp3) is 0.400. The number of hydrogen-bond acceptors (Lipinski definition) is 5. The molecular weight excluding hydrogens is 364 g/mol. The molecule has 2 N–H and O–H groups in total. The van der Waals surface area contributed by atoms with Gasteiger partial charge in [0.25, 0.3) is 0 Å². The summed E-state index contributed by atoms with van der Waals surface area (Å²) in [4.78, 5) is 2.25. The number of aliphatic hydroxyl groups is 1. The highest BCUT2D eigenvalue weighted by Crippen LogP contribution is 2.30. The van der Waals surface area contributed by atoms with Crippen molar-refractivity contribution in [3.8, 4) is 5.75 Å². The molecule has 2 aromatic carbocycles. The smallest absolute Gasteiger partial charge is 0.244 e. The maximum absolute atomic E-state index is 12.7. The van der Waals surface area contributed by atoms with Crippen LogP contribution >= 0.6 is 0 Å². The van der Waals surface area contributed by atoms with Gasteiger partial charge in [0.05, 0.1) is 13.2 Å². The normalized spacial score (nSPS) is 14.9. The molecule has 0 saturated carbocycles. The molecule has 0 amide bonds. The number of methoxy groups -OCH3 is 1. The molecule has 1 heterocycles. The molecule has 0 radical (unpaired) electrons. The van der Waals surface area contributed by atoms with Crippen molar-refractivity contribution in [2.24, 2.45) is 0 Å². The van der Waals surface area contributed by atoms with Crippen molar-refractivity contribution >= 4 is 15.7 Å². The SMILES string of the molecule is COc1cc(C)c(C)cc1S(=O)(=O)NC[C@@H](O)c1ccc2c(c1)CCN2C. The number of sulfonamides is 1. The van der Waals surface area contributed by atoms with Gasteiger partial charge in [0, 0.05) is 25.8 Å². The average Bonchev–Trinajstić information content (AvgIpc) is 3.02. The number of fused-ring (bicyclic) bond motifs is 1. The van der Waals surface area contributed by atoms with Crippen LogP contribution in [0.4, 0.5) is 5.69 Å². The molecule has 0 fully saturated rings. The molecule has 7 heteroatoms. The van der Waals surface area contributed by atoms with Crippen LogP contribution in [0.2, 0.25) is 0 Å². The Kier molecular flexibility index (Phi) is 5.46. The summed E-state index contributed by atoms with van der Waals surface area (Å²) in [6, 6.07) is 9.07. The van der Waals surface area contributed by atoms with E-state index in [2.05, 4.69) is 9.62 Å². The molecule has 0 aliphatic carbocycles. The number of ether oxygens (including phenoxy) is 1. The van der Waals surface area contributed by atoms with Crippen molar-refractivity contribution in [1.82, 2.24) is 4.72 Å². The van der Waals surface area contributed by atoms with Crippen LogP contribution < -0.4 is 14.4 Å². The number of rotatable bonds is 6. The summed E-state index contributed by atoms with van der Waals surface area (Å²) in [6.07, 6.45) is 0.00587. The van der Waals surface area contributed by atoms with Crippen LogP contribution in [-0.2, 0) is 16.4 Å². The van der Waals surface area contributed by atoms with E-state index in [0.29, 0.717) is 11.3 Å². The van der Waals surface area contributed by atoms with Gasteiger partial charge < -0.3 is 14.7 Å². The molecule has 27 heavy (non-hydrogen) atoms. The predicted molar refractivity (Wildman–Crippen MR) is 106 cm³/mol. The van der Waals surface area contributed by atoms with E-state index in [1.807, 2.05) is 39.1 Å². The molecule has 0 saturated heterocycles. The first-order valence-electron chi connectivity index (χ1n) is 8.90. The van der Waals surface area contributed by atoms with Crippen molar-refractivity contribution in [2.75, 3.05) is 32.1 Å². The Morgan fingerprint density at radius 3 is 2.63 bits per heavy atom. The van der Waals surface area contributed by atoms with Crippen LogP contribution in [0.15, 0.2) is 35.2 Å². The van der Waals surface area contributed by atoms with Crippen molar-refractivity contribution in [2.45, 2.75) is 31.3 Å². The first kappa shape index (κ1) is 19.7. The second-order valence-corrected chi connectivity index (χ2v) is 8.75. The number of nitrogens with zero attached hydrogens (tertiary/aromatic N) is 1. The molecule has 0 unspecified atom stereocenters. The molecule has 1 aliphatic heterocycles. The lowest BCUT2D eigenvalue weighted by Gasteiger charge is -2.17. The van der Waals surface area contributed by atoms with Crippen molar-refractivity contribution < 1.29 is 18.3 Å². The largest absolute Gasteiger partial charge is 0.495 e. The monoisotopic (exact) mass is 390 g/mol. The van der Waals surface area contributed by atoms with Gasteiger partial charge in [-0.3, -0.25) is 0 Å². The van der Waals surface area contributed by atoms with E-state index in [4.69, 9.17) is 4.74 Å². The van der Waals surface area contributed by atoms with Gasteiger partial charge in [0.15, 0.2) is 0 Å². The minimum atomic E-state index is -3.81. The molecule has 1 aliphatic rings. The molecule has 1 atom stereocenters. The minimum absolute atomic E-state index is 0.0795. The summed E-state index contributed by atoms with van der Waals surface area (Å²) in [7, 11) is -0.330. The summed E-state index contributed by atoms with van der Waals surface area (Å²) in [5.74, 6) is 0.292. The van der Waals surface area contributed by atoms with Gasteiger partial charge in [0.1, 0.15) is 10.6 Å². The molecule has 146 valence electrons. The fourth-order valence-corrected chi connectivity index (χ4v) is 4.58. The number of aliphatic hydroxyl groups excluding tert-OH is 1. The standard InChI is InChI=1S/C20H26N2O4S/c1-13-9-19(26-4)20(10-14(13)2)27(24,25)21-12-18(23)16-5-6-17-15(11-16)7-8-22(17)3/h5-6,9-11,18,21,23H,7-8,12H2,1-4H3/t18-/m1/s1. The van der Waals surface area contributed by atoms with E-state index in [9.17, 15) is 13.5 Å². The fourth-order valence-electron chi connectivity index (χ4n) is 3.31. The summed E-state index contributed by atoms with van der Waals surface area (Å²) in [5.41, 5.74) is 4.85. The van der Waals surface area contributed by atoms with Crippen molar-refractivity contribution in [1.29, 1.82) is 0 Å². The molecule has 0 bridgehead atoms. The molecular formula is C20H26N2O4S. The second kappa shape index (κ2) is 7.50. The highest BCUT2D eigenvalue weighted by atomic mass is 32.2. The number of anilines is 1. The summed E-state index contributed by atoms with van der Waals surface area (Å²) >= 11 is 0. The summed E-state index contributed by atoms with van der Waals surface area (Å²) in [6.45, 7) is 4.60. The topological polar surface area (TPSA) is 78.9 Å². The molecule has 2 aromatic rings. The Bertz CT molecular complexity index is 957. The Morgan fingerprint density at radius 1 is 1.22 bits per heavy atom. The first-order valence-corrected chi connectivity index (χ1v) is 10.4. The maximum Gasteiger partial charge on any atom is 0.244 e. The van der Waals surface area contributed by atoms with Crippen molar-refractivity contribution in [3.63, 3.8) is 0 Å². The van der Waals surface area contributed by atoms with E-state index >= 15 is 0 Å². The van der Waals surface area contributed by atoms with Gasteiger partial charge in [-0.25, -0.2) is 13.1 Å². The van der Waals surface area contributed by atoms with Crippen LogP contribution in [0.3, 0.4) is 0 Å². The van der Waals surface area contributed by atoms with Gasteiger partial charge in [-0.05, 0) is 60.7 Å². The zero-order valence-corrected chi connectivity index (χ0v) is 16.9. The lowest BCUT2D eigenvalue weighted by Crippen LogP contribution is -2.29. The van der Waals surface area contributed by atoms with E-state index < -0.39 is 16.1 Å². The highest BCUT2D eigenvalue weighted by molar-refractivity contribution is 7.89. The van der Waals surface area contributed by atoms with Gasteiger partial charge in [-0.15, -0.1) is 0 Å². The lowest BCUT2D eigenvalue weighted by atomic mass is 10.0. The van der Waals surface area contributed by atoms with Crippen molar-refractivity contribution in [3.05, 3.63) is 52.6 Å². The highest BCUT2D eigenvalue weighted by Gasteiger charge is 2.23. The molecule has 3 rings (SSSR count). The van der Waals surface area contributed by atoms with Gasteiger partial charge >= 0.3 is 0 Å². The third-order valence-corrected chi connectivity index (χ3v) is 6.60. The van der Waals surface area contributed by atoms with Gasteiger partial charge in [-0.2, -0.15) is 0 Å². The summed E-state index contributed by atoms with van der Waals surface area (Å²) < 4.78 is 33.2. The third kappa shape index (κ3) is 3.95. The Balaban J connectivity index is 1.77.